The molecule has 0 aromatic carbocycles. The lowest BCUT2D eigenvalue weighted by Gasteiger charge is -1.88. The number of hydrogen-bond acceptors (Lipinski definition) is 5. The van der Waals surface area contributed by atoms with Crippen molar-refractivity contribution < 1.29 is 29.8 Å². The summed E-state index contributed by atoms with van der Waals surface area (Å²) in [5.74, 6) is 0. The summed E-state index contributed by atoms with van der Waals surface area (Å²) in [6.07, 6.45) is 0. The summed E-state index contributed by atoms with van der Waals surface area (Å²) >= 11 is 3.60. The second kappa shape index (κ2) is 7.54. The van der Waals surface area contributed by atoms with Crippen LogP contribution in [-0.4, -0.2) is 37.1 Å². The van der Waals surface area contributed by atoms with Crippen molar-refractivity contribution >= 4 is 25.8 Å². The summed E-state index contributed by atoms with van der Waals surface area (Å²) in [6, 6.07) is 0. The van der Waals surface area contributed by atoms with Gasteiger partial charge < -0.3 is 35.9 Å². The Morgan fingerprint density at radius 2 is 1.00 bits per heavy atom. The monoisotopic (exact) mass is 193 g/mol. The van der Waals surface area contributed by atoms with Gasteiger partial charge in [0, 0.05) is 0 Å². The smallest absolute Gasteiger partial charge is 0.402 e. The van der Waals surface area contributed by atoms with Gasteiger partial charge in [0.05, 0.1) is 0 Å². The van der Waals surface area contributed by atoms with E-state index in [0.29, 0.717) is 0 Å². The SMILES string of the molecule is N.OB(O)O.OP(O)(O)=S. The Labute approximate surface area is 62.6 Å². The van der Waals surface area contributed by atoms with E-state index in [9.17, 15) is 0 Å². The molecular formula is H9BNO6PS. The van der Waals surface area contributed by atoms with E-state index in [0.717, 1.165) is 0 Å². The quantitative estimate of drug-likeness (QED) is 0.162. The van der Waals surface area contributed by atoms with E-state index >= 15 is 0 Å². The molecule has 0 spiro atoms. The second-order valence-electron chi connectivity index (χ2n) is 0.860. The predicted octanol–water partition coefficient (Wildman–Crippen LogP) is -2.70. The summed E-state index contributed by atoms with van der Waals surface area (Å²) in [4.78, 5) is 22.7. The van der Waals surface area contributed by atoms with Gasteiger partial charge in [-0.15, -0.1) is 0 Å². The van der Waals surface area contributed by atoms with Crippen LogP contribution in [0.1, 0.15) is 0 Å². The maximum atomic E-state index is 7.56. The van der Waals surface area contributed by atoms with Crippen LogP contribution in [0.3, 0.4) is 0 Å². The molecule has 10 heavy (non-hydrogen) atoms. The molecule has 0 aromatic heterocycles. The van der Waals surface area contributed by atoms with Crippen LogP contribution in [0, 0.1) is 0 Å². The Hall–Kier alpha value is 0.435. The van der Waals surface area contributed by atoms with Gasteiger partial charge in [-0.2, -0.15) is 0 Å². The first-order chi connectivity index (χ1) is 3.73. The fraction of sp³-hybridized carbons (Fsp3) is 0. The van der Waals surface area contributed by atoms with Crippen LogP contribution in [0.25, 0.3) is 0 Å². The largest absolute Gasteiger partial charge is 0.631 e. The first-order valence-electron chi connectivity index (χ1n) is 1.56. The molecule has 0 atom stereocenters. The molecule has 0 unspecified atom stereocenters. The van der Waals surface area contributed by atoms with E-state index in [1.54, 1.807) is 0 Å². The van der Waals surface area contributed by atoms with Gasteiger partial charge in [-0.1, -0.05) is 0 Å². The van der Waals surface area contributed by atoms with E-state index in [4.69, 9.17) is 29.8 Å². The molecule has 0 fully saturated rings. The Morgan fingerprint density at radius 3 is 1.00 bits per heavy atom. The molecular weight excluding hydrogens is 184 g/mol. The van der Waals surface area contributed by atoms with Crippen LogP contribution in [-0.2, 0) is 11.8 Å². The molecule has 0 aliphatic heterocycles. The Bertz CT molecular complexity index is 88.9. The fourth-order valence-corrected chi connectivity index (χ4v) is 0. The maximum Gasteiger partial charge on any atom is 0.631 e. The number of hydrogen-bond donors (Lipinski definition) is 7. The highest BCUT2D eigenvalue weighted by Crippen LogP contribution is 2.26. The summed E-state index contributed by atoms with van der Waals surface area (Å²) in [5, 5.41) is 21.5. The van der Waals surface area contributed by atoms with Crippen molar-refractivity contribution in [1.82, 2.24) is 6.15 Å². The minimum absolute atomic E-state index is 0. The minimum Gasteiger partial charge on any atom is -0.402 e. The molecule has 0 rings (SSSR count). The van der Waals surface area contributed by atoms with Gasteiger partial charge in [-0.25, -0.2) is 0 Å². The van der Waals surface area contributed by atoms with Crippen LogP contribution in [0.5, 0.6) is 0 Å². The lowest BCUT2D eigenvalue weighted by Crippen LogP contribution is -2.07. The topological polar surface area (TPSA) is 156 Å². The van der Waals surface area contributed by atoms with Gasteiger partial charge in [-0.05, 0) is 11.8 Å². The van der Waals surface area contributed by atoms with Crippen LogP contribution in [0.2, 0.25) is 0 Å². The second-order valence-corrected chi connectivity index (χ2v) is 3.36. The van der Waals surface area contributed by atoms with Gasteiger partial charge >= 0.3 is 14.0 Å². The van der Waals surface area contributed by atoms with Crippen molar-refractivity contribution in [2.45, 2.75) is 0 Å². The Morgan fingerprint density at radius 1 is 1.00 bits per heavy atom. The fourth-order valence-electron chi connectivity index (χ4n) is 0. The van der Waals surface area contributed by atoms with Crippen LogP contribution >= 0.6 is 6.72 Å². The molecule has 0 radical (unpaired) electrons. The van der Waals surface area contributed by atoms with E-state index in [1.807, 2.05) is 0 Å². The van der Waals surface area contributed by atoms with Crippen molar-refractivity contribution in [3.63, 3.8) is 0 Å². The van der Waals surface area contributed by atoms with Gasteiger partial charge in [-0.3, -0.25) is 0 Å². The van der Waals surface area contributed by atoms with Crippen molar-refractivity contribution in [2.75, 3.05) is 0 Å². The standard InChI is InChI=1S/BH3O3.H3N.H3O3PS/c2-1(3)4;;1-4(2,3)5/h2-4H;1H3;(H3,1,2,3,5). The van der Waals surface area contributed by atoms with Gasteiger partial charge in [0.1, 0.15) is 0 Å². The zero-order chi connectivity index (χ0) is 8.08. The highest BCUT2D eigenvalue weighted by molar-refractivity contribution is 8.06. The first kappa shape index (κ1) is 16.8. The van der Waals surface area contributed by atoms with Gasteiger partial charge in [0.15, 0.2) is 0 Å². The lowest BCUT2D eigenvalue weighted by molar-refractivity contribution is 0.278. The third-order valence-electron chi connectivity index (χ3n) is 0. The first-order valence-corrected chi connectivity index (χ1v) is 4.22. The summed E-state index contributed by atoms with van der Waals surface area (Å²) < 4.78 is 0. The van der Waals surface area contributed by atoms with Crippen molar-refractivity contribution in [3.8, 4) is 0 Å². The normalized spacial score (nSPS) is 8.60. The maximum absolute atomic E-state index is 7.56. The molecule has 0 aliphatic carbocycles. The van der Waals surface area contributed by atoms with Gasteiger partial charge in [0.25, 0.3) is 0 Å². The molecule has 9 N–H and O–H groups in total. The Balaban J connectivity index is -0.0000000910. The molecule has 0 aliphatic rings. The van der Waals surface area contributed by atoms with Crippen LogP contribution < -0.4 is 6.15 Å². The third kappa shape index (κ3) is 2460. The molecule has 0 saturated heterocycles. The summed E-state index contributed by atoms with van der Waals surface area (Å²) in [6.45, 7) is -3.81. The third-order valence-corrected chi connectivity index (χ3v) is 0. The molecule has 0 bridgehead atoms. The van der Waals surface area contributed by atoms with Crippen LogP contribution in [0.4, 0.5) is 0 Å². The van der Waals surface area contributed by atoms with E-state index in [2.05, 4.69) is 11.8 Å². The highest BCUT2D eigenvalue weighted by Gasteiger charge is 1.92. The molecule has 0 amide bonds. The van der Waals surface area contributed by atoms with E-state index in [-0.39, 0.29) is 6.15 Å². The van der Waals surface area contributed by atoms with E-state index in [1.165, 1.54) is 0 Å². The molecule has 10 heteroatoms. The molecule has 0 saturated carbocycles. The molecule has 7 nitrogen and oxygen atoms in total. The molecule has 64 valence electrons. The summed E-state index contributed by atoms with van der Waals surface area (Å²) in [5.41, 5.74) is 0. The molecule has 0 heterocycles. The van der Waals surface area contributed by atoms with Crippen molar-refractivity contribution in [3.05, 3.63) is 0 Å². The summed E-state index contributed by atoms with van der Waals surface area (Å²) in [7, 11) is -2.17. The zero-order valence-electron chi connectivity index (χ0n) is 4.82. The predicted molar refractivity (Wildman–Crippen MR) is 38.4 cm³/mol. The van der Waals surface area contributed by atoms with Crippen molar-refractivity contribution in [1.29, 1.82) is 0 Å². The zero-order valence-corrected chi connectivity index (χ0v) is 6.53. The average molecular weight is 193 g/mol. The average Bonchev–Trinajstić information content (AvgIpc) is 1.19. The molecule has 0 aromatic rings. The Kier molecular flexibility index (Phi) is 12.7. The lowest BCUT2D eigenvalue weighted by atomic mass is 10.3. The van der Waals surface area contributed by atoms with Crippen LogP contribution in [0.15, 0.2) is 0 Å². The van der Waals surface area contributed by atoms with E-state index < -0.39 is 14.0 Å². The van der Waals surface area contributed by atoms with Crippen molar-refractivity contribution in [2.24, 2.45) is 0 Å². The van der Waals surface area contributed by atoms with Gasteiger partial charge in [0.2, 0.25) is 0 Å². The number of rotatable bonds is 0. The highest BCUT2D eigenvalue weighted by atomic mass is 32.5. The minimum atomic E-state index is -3.81.